The SMILES string of the molecule is Cc1cc(F)cc(C)c1Oc1ccc(C(C)(C)O)cc1-c1cn(C)c(=O)cc1O[C@H]1CC[C@H](NC(=O)C23CCC(NC(=O)OC(C)(C)C)(C2)C3)CC1. The van der Waals surface area contributed by atoms with E-state index in [1.165, 1.54) is 22.8 Å². The largest absolute Gasteiger partial charge is 0.490 e. The van der Waals surface area contributed by atoms with Crippen LogP contribution >= 0.6 is 0 Å². The summed E-state index contributed by atoms with van der Waals surface area (Å²) in [5.41, 5.74) is 0.341. The van der Waals surface area contributed by atoms with Gasteiger partial charge in [0.15, 0.2) is 0 Å². The van der Waals surface area contributed by atoms with Crippen LogP contribution in [0, 0.1) is 25.1 Å². The summed E-state index contributed by atoms with van der Waals surface area (Å²) in [7, 11) is 1.67. The molecule has 0 unspecified atom stereocenters. The van der Waals surface area contributed by atoms with Crippen molar-refractivity contribution in [3.05, 3.63) is 75.5 Å². The van der Waals surface area contributed by atoms with E-state index in [1.54, 1.807) is 53.1 Å². The predicted molar refractivity (Wildman–Crippen MR) is 196 cm³/mol. The number of aromatic nitrogens is 1. The number of fused-ring (bicyclic) bond motifs is 1. The zero-order chi connectivity index (χ0) is 37.8. The molecule has 3 N–H and O–H groups in total. The van der Waals surface area contributed by atoms with E-state index < -0.39 is 22.7 Å². The molecule has 0 radical (unpaired) electrons. The van der Waals surface area contributed by atoms with Gasteiger partial charge in [-0.3, -0.25) is 9.59 Å². The van der Waals surface area contributed by atoms with Crippen LogP contribution in [0.3, 0.4) is 0 Å². The van der Waals surface area contributed by atoms with Crippen LogP contribution in [0.4, 0.5) is 9.18 Å². The highest BCUT2D eigenvalue weighted by Crippen LogP contribution is 2.61. The topological polar surface area (TPSA) is 128 Å². The van der Waals surface area contributed by atoms with E-state index in [0.29, 0.717) is 70.7 Å². The van der Waals surface area contributed by atoms with Crippen molar-refractivity contribution in [2.45, 2.75) is 129 Å². The molecule has 52 heavy (non-hydrogen) atoms. The Balaban J connectivity index is 1.16. The highest BCUT2D eigenvalue weighted by molar-refractivity contribution is 5.86. The molecule has 4 aliphatic carbocycles. The lowest BCUT2D eigenvalue weighted by Crippen LogP contribution is -2.61. The summed E-state index contributed by atoms with van der Waals surface area (Å²) in [6.45, 7) is 12.5. The molecule has 2 bridgehead atoms. The number of hydrogen-bond acceptors (Lipinski definition) is 7. The summed E-state index contributed by atoms with van der Waals surface area (Å²) in [4.78, 5) is 38.9. The summed E-state index contributed by atoms with van der Waals surface area (Å²) in [5.74, 6) is 1.09. The third-order valence-corrected chi connectivity index (χ3v) is 10.8. The van der Waals surface area contributed by atoms with Crippen molar-refractivity contribution in [1.29, 1.82) is 0 Å². The van der Waals surface area contributed by atoms with Crippen molar-refractivity contribution in [3.8, 4) is 28.4 Å². The summed E-state index contributed by atoms with van der Waals surface area (Å²) in [6, 6.07) is 9.72. The zero-order valence-corrected chi connectivity index (χ0v) is 31.6. The van der Waals surface area contributed by atoms with E-state index in [2.05, 4.69) is 10.6 Å². The fraction of sp³-hybridized carbons (Fsp3) is 0.537. The van der Waals surface area contributed by atoms with E-state index in [9.17, 15) is 23.9 Å². The molecule has 4 aliphatic rings. The minimum absolute atomic E-state index is 0.00455. The Labute approximate surface area is 305 Å². The van der Waals surface area contributed by atoms with Gasteiger partial charge in [0.25, 0.3) is 5.56 Å². The predicted octanol–water partition coefficient (Wildman–Crippen LogP) is 7.47. The van der Waals surface area contributed by atoms with Gasteiger partial charge in [0.1, 0.15) is 28.7 Å². The van der Waals surface area contributed by atoms with Crippen LogP contribution in [0.5, 0.6) is 17.2 Å². The second-order valence-electron chi connectivity index (χ2n) is 16.8. The molecule has 0 saturated heterocycles. The third-order valence-electron chi connectivity index (χ3n) is 10.8. The van der Waals surface area contributed by atoms with Crippen LogP contribution in [0.25, 0.3) is 11.1 Å². The van der Waals surface area contributed by atoms with E-state index in [1.807, 2.05) is 26.8 Å². The van der Waals surface area contributed by atoms with Crippen molar-refractivity contribution in [1.82, 2.24) is 15.2 Å². The maximum absolute atomic E-state index is 14.1. The number of pyridine rings is 1. The average molecular weight is 718 g/mol. The number of aryl methyl sites for hydroxylation is 3. The van der Waals surface area contributed by atoms with E-state index in [0.717, 1.165) is 25.7 Å². The lowest BCUT2D eigenvalue weighted by Gasteiger charge is -2.47. The van der Waals surface area contributed by atoms with Gasteiger partial charge in [0.05, 0.1) is 17.1 Å². The Bertz CT molecular complexity index is 1900. The fourth-order valence-electron chi connectivity index (χ4n) is 8.15. The van der Waals surface area contributed by atoms with Crippen molar-refractivity contribution in [2.75, 3.05) is 0 Å². The molecule has 3 aromatic rings. The number of halogens is 1. The van der Waals surface area contributed by atoms with E-state index in [4.69, 9.17) is 14.2 Å². The van der Waals surface area contributed by atoms with Gasteiger partial charge in [-0.2, -0.15) is 0 Å². The second kappa shape index (κ2) is 13.5. The van der Waals surface area contributed by atoms with Gasteiger partial charge in [-0.1, -0.05) is 6.07 Å². The first-order valence-electron chi connectivity index (χ1n) is 18.3. The number of benzene rings is 2. The van der Waals surface area contributed by atoms with Crippen LogP contribution in [0.15, 0.2) is 47.4 Å². The normalized spacial score (nSPS) is 24.1. The number of carbonyl (C=O) groups excluding carboxylic acids is 2. The molecule has 0 aliphatic heterocycles. The Morgan fingerprint density at radius 2 is 1.58 bits per heavy atom. The fourth-order valence-corrected chi connectivity index (χ4v) is 8.15. The number of alkyl carbamates (subject to hydrolysis) is 1. The number of nitrogens with zero attached hydrogens (tertiary/aromatic N) is 1. The quantitative estimate of drug-likeness (QED) is 0.210. The molecular formula is C41H52FN3O7. The molecule has 280 valence electrons. The van der Waals surface area contributed by atoms with Gasteiger partial charge < -0.3 is 34.5 Å². The molecule has 2 aromatic carbocycles. The standard InChI is InChI=1S/C41H52FN3O7/c1-24-17-27(42)18-25(2)35(24)51-32-14-9-26(39(6,7)49)19-30(32)31-21-45(8)34(46)20-33(31)50-29-12-10-28(11-13-29)43-36(47)40-15-16-41(22-40,23-40)44-37(48)52-38(3,4)5/h9,14,17-21,28-29,49H,10-13,15-16,22-23H2,1-8H3,(H,43,47)(H,44,48)/t28-,29-,40?,41?. The molecule has 7 rings (SSSR count). The first kappa shape index (κ1) is 37.4. The summed E-state index contributed by atoms with van der Waals surface area (Å²) < 4.78 is 34.1. The minimum atomic E-state index is -1.16. The summed E-state index contributed by atoms with van der Waals surface area (Å²) in [6.07, 6.45) is 6.62. The van der Waals surface area contributed by atoms with Gasteiger partial charge in [0, 0.05) is 42.0 Å². The molecule has 1 heterocycles. The monoisotopic (exact) mass is 717 g/mol. The van der Waals surface area contributed by atoms with Crippen LogP contribution in [0.2, 0.25) is 0 Å². The van der Waals surface area contributed by atoms with Crippen molar-refractivity contribution >= 4 is 12.0 Å². The molecule has 11 heteroatoms. The van der Waals surface area contributed by atoms with Crippen molar-refractivity contribution in [3.63, 3.8) is 0 Å². The van der Waals surface area contributed by atoms with Crippen LogP contribution in [-0.4, -0.2) is 45.0 Å². The number of ether oxygens (including phenoxy) is 3. The molecule has 4 fully saturated rings. The number of aliphatic hydroxyl groups is 1. The molecule has 0 spiro atoms. The Kier molecular flexibility index (Phi) is 9.74. The lowest BCUT2D eigenvalue weighted by atomic mass is 9.64. The number of nitrogens with one attached hydrogen (secondary N) is 2. The lowest BCUT2D eigenvalue weighted by molar-refractivity contribution is -0.137. The highest BCUT2D eigenvalue weighted by Gasteiger charge is 2.65. The third kappa shape index (κ3) is 7.84. The van der Waals surface area contributed by atoms with Gasteiger partial charge in [-0.05, 0) is 141 Å². The van der Waals surface area contributed by atoms with Crippen LogP contribution < -0.4 is 25.7 Å². The Morgan fingerprint density at radius 3 is 2.19 bits per heavy atom. The van der Waals surface area contributed by atoms with Gasteiger partial charge in [0.2, 0.25) is 5.91 Å². The number of hydrogen-bond donors (Lipinski definition) is 3. The van der Waals surface area contributed by atoms with Gasteiger partial charge in [-0.25, -0.2) is 9.18 Å². The number of carbonyl (C=O) groups is 2. The van der Waals surface area contributed by atoms with Crippen LogP contribution in [-0.2, 0) is 22.2 Å². The maximum Gasteiger partial charge on any atom is 0.408 e. The summed E-state index contributed by atoms with van der Waals surface area (Å²) >= 11 is 0. The first-order chi connectivity index (χ1) is 24.2. The highest BCUT2D eigenvalue weighted by atomic mass is 19.1. The first-order valence-corrected chi connectivity index (χ1v) is 18.3. The van der Waals surface area contributed by atoms with Gasteiger partial charge >= 0.3 is 6.09 Å². The van der Waals surface area contributed by atoms with Gasteiger partial charge in [-0.15, -0.1) is 0 Å². The second-order valence-corrected chi connectivity index (χ2v) is 16.8. The molecule has 10 nitrogen and oxygen atoms in total. The van der Waals surface area contributed by atoms with E-state index in [-0.39, 0.29) is 35.0 Å². The molecular weight excluding hydrogens is 665 g/mol. The minimum Gasteiger partial charge on any atom is -0.490 e. The van der Waals surface area contributed by atoms with E-state index >= 15 is 0 Å². The average Bonchev–Trinajstić information content (AvgIpc) is 3.57. The van der Waals surface area contributed by atoms with Crippen molar-refractivity contribution < 1.29 is 33.3 Å². The molecule has 1 aromatic heterocycles. The summed E-state index contributed by atoms with van der Waals surface area (Å²) in [5, 5.41) is 17.3. The van der Waals surface area contributed by atoms with Crippen molar-refractivity contribution in [2.24, 2.45) is 12.5 Å². The Hall–Kier alpha value is -4.38. The molecule has 2 amide bonds. The van der Waals surface area contributed by atoms with Crippen LogP contribution in [0.1, 0.15) is 103 Å². The number of amides is 2. The molecule has 4 saturated carbocycles. The number of rotatable bonds is 9. The smallest absolute Gasteiger partial charge is 0.408 e. The zero-order valence-electron chi connectivity index (χ0n) is 31.6. The Morgan fingerprint density at radius 1 is 0.923 bits per heavy atom. The maximum atomic E-state index is 14.1. The molecule has 0 atom stereocenters.